The molecule has 66 valence electrons. The smallest absolute Gasteiger partial charge is 0.169 e. The van der Waals surface area contributed by atoms with Gasteiger partial charge in [0.1, 0.15) is 0 Å². The van der Waals surface area contributed by atoms with Gasteiger partial charge in [0.2, 0.25) is 0 Å². The molecule has 3 fully saturated rings. The summed E-state index contributed by atoms with van der Waals surface area (Å²) in [6.45, 7) is 0. The highest BCUT2D eigenvalue weighted by atomic mass is 16.1. The molecule has 3 heteroatoms. The minimum atomic E-state index is -0.265. The molecule has 2 N–H and O–H groups in total. The Balaban J connectivity index is 1.83. The van der Waals surface area contributed by atoms with E-state index in [9.17, 15) is 4.79 Å². The summed E-state index contributed by atoms with van der Waals surface area (Å²) in [5.41, 5.74) is 6.31. The zero-order valence-electron chi connectivity index (χ0n) is 7.15. The number of nitrogens with one attached hydrogen (secondary N) is 2. The van der Waals surface area contributed by atoms with Crippen molar-refractivity contribution in [3.05, 3.63) is 0 Å². The average Bonchev–Trinajstić information content (AvgIpc) is 2.74. The van der Waals surface area contributed by atoms with E-state index in [0.29, 0.717) is 11.2 Å². The summed E-state index contributed by atoms with van der Waals surface area (Å²) < 4.78 is 0. The van der Waals surface area contributed by atoms with Crippen LogP contribution in [0, 0.1) is 5.41 Å². The third kappa shape index (κ3) is 0.756. The summed E-state index contributed by atoms with van der Waals surface area (Å²) in [5, 5.41) is 0. The molecule has 0 aromatic rings. The second-order valence-electron chi connectivity index (χ2n) is 4.61. The minimum absolute atomic E-state index is 0.265. The Labute approximate surface area is 71.9 Å². The van der Waals surface area contributed by atoms with Crippen molar-refractivity contribution >= 4 is 5.78 Å². The number of Topliss-reactive ketones (excluding diaryl/α,β-unsaturated/α-hetero) is 1. The van der Waals surface area contributed by atoms with Crippen LogP contribution in [0.5, 0.6) is 0 Å². The lowest BCUT2D eigenvalue weighted by molar-refractivity contribution is -0.127. The van der Waals surface area contributed by atoms with Crippen LogP contribution in [-0.4, -0.2) is 11.4 Å². The maximum atomic E-state index is 11.5. The molecule has 0 radical (unpaired) electrons. The SMILES string of the molecule is O=C1CCC2(CCC2)CC12NN2. The third-order valence-electron chi connectivity index (χ3n) is 3.84. The first-order valence-corrected chi connectivity index (χ1v) is 4.83. The van der Waals surface area contributed by atoms with Crippen molar-refractivity contribution in [2.45, 2.75) is 44.2 Å². The summed E-state index contributed by atoms with van der Waals surface area (Å²) in [7, 11) is 0. The number of rotatable bonds is 0. The van der Waals surface area contributed by atoms with E-state index in [2.05, 4.69) is 10.9 Å². The van der Waals surface area contributed by atoms with Crippen molar-refractivity contribution in [1.29, 1.82) is 0 Å². The van der Waals surface area contributed by atoms with Crippen LogP contribution in [0.25, 0.3) is 0 Å². The molecular formula is C9H14N2O. The number of hydrazine groups is 1. The highest BCUT2D eigenvalue weighted by molar-refractivity contribution is 5.91. The van der Waals surface area contributed by atoms with Gasteiger partial charge < -0.3 is 0 Å². The van der Waals surface area contributed by atoms with Crippen molar-refractivity contribution in [3.63, 3.8) is 0 Å². The molecule has 0 amide bonds. The van der Waals surface area contributed by atoms with Gasteiger partial charge in [-0.3, -0.25) is 4.79 Å². The molecule has 1 aliphatic heterocycles. The van der Waals surface area contributed by atoms with Crippen molar-refractivity contribution in [2.24, 2.45) is 5.41 Å². The maximum absolute atomic E-state index is 11.5. The van der Waals surface area contributed by atoms with Gasteiger partial charge in [-0.05, 0) is 31.1 Å². The van der Waals surface area contributed by atoms with Crippen molar-refractivity contribution in [3.8, 4) is 0 Å². The molecule has 1 saturated heterocycles. The maximum Gasteiger partial charge on any atom is 0.169 e. The number of hydrogen-bond acceptors (Lipinski definition) is 3. The number of ketones is 1. The molecule has 1 heterocycles. The lowest BCUT2D eigenvalue weighted by Gasteiger charge is -2.46. The van der Waals surface area contributed by atoms with E-state index < -0.39 is 0 Å². The van der Waals surface area contributed by atoms with E-state index in [1.54, 1.807) is 0 Å². The first-order chi connectivity index (χ1) is 5.75. The Kier molecular flexibility index (Phi) is 1.12. The Morgan fingerprint density at radius 1 is 1.17 bits per heavy atom. The van der Waals surface area contributed by atoms with Crippen LogP contribution in [0.3, 0.4) is 0 Å². The lowest BCUT2D eigenvalue weighted by atomic mass is 9.59. The molecule has 3 rings (SSSR count). The molecule has 3 aliphatic rings. The topological polar surface area (TPSA) is 61.0 Å². The molecule has 3 nitrogen and oxygen atoms in total. The quantitative estimate of drug-likeness (QED) is 0.521. The monoisotopic (exact) mass is 166 g/mol. The summed E-state index contributed by atoms with van der Waals surface area (Å²) in [6.07, 6.45) is 7.00. The van der Waals surface area contributed by atoms with Gasteiger partial charge in [-0.1, -0.05) is 6.42 Å². The number of hydrogen-bond donors (Lipinski definition) is 2. The van der Waals surface area contributed by atoms with Crippen molar-refractivity contribution in [1.82, 2.24) is 10.9 Å². The predicted octanol–water partition coefficient (Wildman–Crippen LogP) is 0.714. The van der Waals surface area contributed by atoms with E-state index >= 15 is 0 Å². The van der Waals surface area contributed by atoms with Gasteiger partial charge >= 0.3 is 0 Å². The van der Waals surface area contributed by atoms with Gasteiger partial charge in [0.25, 0.3) is 0 Å². The molecule has 2 aliphatic carbocycles. The summed E-state index contributed by atoms with van der Waals surface area (Å²) >= 11 is 0. The highest BCUT2D eigenvalue weighted by Gasteiger charge is 2.58. The fourth-order valence-electron chi connectivity index (χ4n) is 2.75. The van der Waals surface area contributed by atoms with Crippen molar-refractivity contribution < 1.29 is 4.79 Å². The Hall–Kier alpha value is -0.410. The third-order valence-corrected chi connectivity index (χ3v) is 3.84. The van der Waals surface area contributed by atoms with E-state index in [0.717, 1.165) is 19.3 Å². The number of carbonyl (C=O) groups excluding carboxylic acids is 1. The second kappa shape index (κ2) is 1.91. The van der Waals surface area contributed by atoms with E-state index in [1.807, 2.05) is 0 Å². The summed E-state index contributed by atoms with van der Waals surface area (Å²) in [5.74, 6) is 0.375. The second-order valence-corrected chi connectivity index (χ2v) is 4.61. The predicted molar refractivity (Wildman–Crippen MR) is 44.1 cm³/mol. The zero-order chi connectivity index (χ0) is 8.23. The Bertz CT molecular complexity index is 241. The van der Waals surface area contributed by atoms with E-state index in [-0.39, 0.29) is 5.66 Å². The van der Waals surface area contributed by atoms with Crippen LogP contribution in [0.15, 0.2) is 0 Å². The lowest BCUT2D eigenvalue weighted by Crippen LogP contribution is -2.46. The van der Waals surface area contributed by atoms with Gasteiger partial charge in [0.05, 0.1) is 0 Å². The Morgan fingerprint density at radius 3 is 2.42 bits per heavy atom. The molecule has 2 saturated carbocycles. The van der Waals surface area contributed by atoms with Crippen LogP contribution in [0.2, 0.25) is 0 Å². The molecule has 0 unspecified atom stereocenters. The summed E-state index contributed by atoms with van der Waals surface area (Å²) in [4.78, 5) is 11.5. The average molecular weight is 166 g/mol. The zero-order valence-corrected chi connectivity index (χ0v) is 7.15. The van der Waals surface area contributed by atoms with Gasteiger partial charge in [0.15, 0.2) is 11.4 Å². The van der Waals surface area contributed by atoms with Crippen LogP contribution < -0.4 is 10.9 Å². The van der Waals surface area contributed by atoms with E-state index in [1.165, 1.54) is 19.3 Å². The van der Waals surface area contributed by atoms with Crippen molar-refractivity contribution in [2.75, 3.05) is 0 Å². The minimum Gasteiger partial charge on any atom is -0.296 e. The normalized spacial score (nSPS) is 35.2. The number of carbonyl (C=O) groups is 1. The molecule has 0 aromatic heterocycles. The largest absolute Gasteiger partial charge is 0.296 e. The molecule has 0 aromatic carbocycles. The van der Waals surface area contributed by atoms with Crippen LogP contribution in [0.4, 0.5) is 0 Å². The molecule has 0 bridgehead atoms. The van der Waals surface area contributed by atoms with Crippen LogP contribution in [-0.2, 0) is 4.79 Å². The van der Waals surface area contributed by atoms with Crippen LogP contribution >= 0.6 is 0 Å². The van der Waals surface area contributed by atoms with Crippen LogP contribution in [0.1, 0.15) is 38.5 Å². The molecule has 0 atom stereocenters. The van der Waals surface area contributed by atoms with Gasteiger partial charge in [-0.25, -0.2) is 10.9 Å². The summed E-state index contributed by atoms with van der Waals surface area (Å²) in [6, 6.07) is 0. The van der Waals surface area contributed by atoms with E-state index in [4.69, 9.17) is 0 Å². The molecule has 2 spiro atoms. The first-order valence-electron chi connectivity index (χ1n) is 4.83. The van der Waals surface area contributed by atoms with Gasteiger partial charge in [-0.15, -0.1) is 0 Å². The van der Waals surface area contributed by atoms with Gasteiger partial charge in [-0.2, -0.15) is 0 Å². The Morgan fingerprint density at radius 2 is 1.92 bits per heavy atom. The highest BCUT2D eigenvalue weighted by Crippen LogP contribution is 2.54. The molecular weight excluding hydrogens is 152 g/mol. The van der Waals surface area contributed by atoms with Gasteiger partial charge in [0, 0.05) is 6.42 Å². The first kappa shape index (κ1) is 7.04. The standard InChI is InChI=1S/C9H14N2O/c12-7-2-5-8(3-1-4-8)6-9(7)10-11-9/h10-11H,1-6H2. The molecule has 12 heavy (non-hydrogen) atoms. The fourth-order valence-corrected chi connectivity index (χ4v) is 2.75. The fraction of sp³-hybridized carbons (Fsp3) is 0.889.